The number of fused-ring (bicyclic) bond motifs is 1. The van der Waals surface area contributed by atoms with Crippen LogP contribution in [0.4, 0.5) is 5.00 Å². The molecule has 0 bridgehead atoms. The summed E-state index contributed by atoms with van der Waals surface area (Å²) in [6.45, 7) is 3.87. The van der Waals surface area contributed by atoms with E-state index in [0.717, 1.165) is 29.7 Å². The van der Waals surface area contributed by atoms with Crippen molar-refractivity contribution >= 4 is 45.9 Å². The maximum absolute atomic E-state index is 13.0. The van der Waals surface area contributed by atoms with Crippen molar-refractivity contribution < 1.29 is 23.9 Å². The number of carbonyl (C=O) groups excluding carboxylic acids is 3. The van der Waals surface area contributed by atoms with E-state index in [1.165, 1.54) is 23.1 Å². The molecular formula is C25H29N5O5S2. The molecule has 2 aromatic heterocycles. The number of carbonyl (C=O) groups is 3. The highest BCUT2D eigenvalue weighted by Crippen LogP contribution is 2.40. The minimum atomic E-state index is -0.503. The molecule has 0 aliphatic heterocycles. The molecule has 4 rings (SSSR count). The molecule has 1 atom stereocenters. The summed E-state index contributed by atoms with van der Waals surface area (Å²) in [6.07, 6.45) is 2.73. The zero-order valence-corrected chi connectivity index (χ0v) is 22.5. The topological polar surface area (TPSA) is 124 Å². The molecule has 1 aromatic carbocycles. The average Bonchev–Trinajstić information content (AvgIpc) is 3.57. The number of nitrogens with one attached hydrogen (secondary N) is 2. The minimum absolute atomic E-state index is 0.111. The zero-order valence-electron chi connectivity index (χ0n) is 20.9. The van der Waals surface area contributed by atoms with Crippen LogP contribution in [0.15, 0.2) is 35.5 Å². The van der Waals surface area contributed by atoms with Gasteiger partial charge in [-0.3, -0.25) is 9.59 Å². The van der Waals surface area contributed by atoms with Gasteiger partial charge < -0.3 is 24.7 Å². The summed E-state index contributed by atoms with van der Waals surface area (Å²) in [7, 11) is 1.78. The number of anilines is 1. The van der Waals surface area contributed by atoms with Gasteiger partial charge in [0, 0.05) is 11.9 Å². The van der Waals surface area contributed by atoms with Gasteiger partial charge in [-0.05, 0) is 50.8 Å². The Morgan fingerprint density at radius 3 is 2.73 bits per heavy atom. The Morgan fingerprint density at radius 1 is 1.19 bits per heavy atom. The van der Waals surface area contributed by atoms with Crippen molar-refractivity contribution in [2.75, 3.05) is 18.5 Å². The second-order valence-electron chi connectivity index (χ2n) is 8.37. The molecule has 3 aromatic rings. The highest BCUT2D eigenvalue weighted by molar-refractivity contribution is 8.00. The summed E-state index contributed by atoms with van der Waals surface area (Å²) in [5, 5.41) is 14.6. The van der Waals surface area contributed by atoms with E-state index in [-0.39, 0.29) is 31.6 Å². The molecule has 196 valence electrons. The van der Waals surface area contributed by atoms with E-state index in [4.69, 9.17) is 9.47 Å². The van der Waals surface area contributed by atoms with Crippen LogP contribution in [-0.2, 0) is 40.8 Å². The Kier molecular flexibility index (Phi) is 8.82. The minimum Gasteiger partial charge on any atom is -0.484 e. The van der Waals surface area contributed by atoms with Gasteiger partial charge in [-0.1, -0.05) is 30.0 Å². The third-order valence-electron chi connectivity index (χ3n) is 5.77. The van der Waals surface area contributed by atoms with Crippen LogP contribution in [0.25, 0.3) is 0 Å². The fraction of sp³-hybridized carbons (Fsp3) is 0.400. The number of thiophene rings is 1. The van der Waals surface area contributed by atoms with E-state index < -0.39 is 11.2 Å². The van der Waals surface area contributed by atoms with Crippen molar-refractivity contribution in [3.05, 3.63) is 52.2 Å². The molecular weight excluding hydrogens is 514 g/mol. The number of ether oxygens (including phenoxy) is 2. The van der Waals surface area contributed by atoms with E-state index in [1.54, 1.807) is 37.6 Å². The molecule has 0 saturated heterocycles. The molecule has 0 spiro atoms. The van der Waals surface area contributed by atoms with Gasteiger partial charge in [0.1, 0.15) is 10.8 Å². The van der Waals surface area contributed by atoms with Crippen LogP contribution in [-0.4, -0.2) is 51.0 Å². The van der Waals surface area contributed by atoms with Crippen LogP contribution in [0, 0.1) is 0 Å². The third-order valence-corrected chi connectivity index (χ3v) is 8.11. The van der Waals surface area contributed by atoms with Crippen LogP contribution >= 0.6 is 23.1 Å². The Balaban J connectivity index is 1.32. The molecule has 12 heteroatoms. The predicted molar refractivity (Wildman–Crippen MR) is 141 cm³/mol. The van der Waals surface area contributed by atoms with Crippen molar-refractivity contribution in [1.82, 2.24) is 20.1 Å². The quantitative estimate of drug-likeness (QED) is 0.279. The lowest BCUT2D eigenvalue weighted by molar-refractivity contribution is -0.123. The second kappa shape index (κ2) is 12.2. The first-order valence-corrected chi connectivity index (χ1v) is 13.7. The first kappa shape index (κ1) is 26.7. The summed E-state index contributed by atoms with van der Waals surface area (Å²) in [6, 6.07) is 9.09. The van der Waals surface area contributed by atoms with Gasteiger partial charge in [0.2, 0.25) is 5.91 Å². The maximum Gasteiger partial charge on any atom is 0.341 e. The lowest BCUT2D eigenvalue weighted by Gasteiger charge is -2.12. The molecule has 0 unspecified atom stereocenters. The molecule has 37 heavy (non-hydrogen) atoms. The number of hydrogen-bond acceptors (Lipinski definition) is 9. The highest BCUT2D eigenvalue weighted by atomic mass is 32.2. The Hall–Kier alpha value is -3.38. The standard InChI is InChI=1S/C25H29N5O5S2/c1-4-34-24(33)21-17-11-8-12-18(17)37-23(21)27-22(32)15(2)36-25-29-28-19(30(25)3)13-26-20(31)14-35-16-9-6-5-7-10-16/h5-7,9-10,15H,4,8,11-14H2,1-3H3,(H,26,31)(H,27,32)/t15-/m1/s1. The van der Waals surface area contributed by atoms with Crippen molar-refractivity contribution in [1.29, 1.82) is 0 Å². The molecule has 2 N–H and O–H groups in total. The van der Waals surface area contributed by atoms with Gasteiger partial charge >= 0.3 is 5.97 Å². The van der Waals surface area contributed by atoms with Crippen LogP contribution in [0.2, 0.25) is 0 Å². The van der Waals surface area contributed by atoms with Gasteiger partial charge in [-0.15, -0.1) is 21.5 Å². The summed E-state index contributed by atoms with van der Waals surface area (Å²) in [5.41, 5.74) is 1.48. The number of thioether (sulfide) groups is 1. The van der Waals surface area contributed by atoms with Crippen molar-refractivity contribution in [3.8, 4) is 5.75 Å². The third kappa shape index (κ3) is 6.50. The molecule has 0 fully saturated rings. The average molecular weight is 544 g/mol. The van der Waals surface area contributed by atoms with E-state index in [0.29, 0.717) is 27.3 Å². The van der Waals surface area contributed by atoms with E-state index in [2.05, 4.69) is 20.8 Å². The fourth-order valence-corrected chi connectivity index (χ4v) is 5.95. The fourth-order valence-electron chi connectivity index (χ4n) is 3.83. The van der Waals surface area contributed by atoms with Crippen molar-refractivity contribution in [2.24, 2.45) is 7.05 Å². The molecule has 2 amide bonds. The lowest BCUT2D eigenvalue weighted by atomic mass is 10.1. The SMILES string of the molecule is CCOC(=O)c1c(NC(=O)[C@@H](C)Sc2nnc(CNC(=O)COc3ccccc3)n2C)sc2c1CCC2. The van der Waals surface area contributed by atoms with E-state index in [1.807, 2.05) is 18.2 Å². The molecule has 0 radical (unpaired) electrons. The number of benzene rings is 1. The number of amides is 2. The number of aryl methyl sites for hydroxylation is 1. The number of esters is 1. The largest absolute Gasteiger partial charge is 0.484 e. The van der Waals surface area contributed by atoms with E-state index >= 15 is 0 Å². The summed E-state index contributed by atoms with van der Waals surface area (Å²) >= 11 is 2.69. The van der Waals surface area contributed by atoms with Gasteiger partial charge in [-0.2, -0.15) is 0 Å². The van der Waals surface area contributed by atoms with Gasteiger partial charge in [0.25, 0.3) is 5.91 Å². The predicted octanol–water partition coefficient (Wildman–Crippen LogP) is 3.36. The highest BCUT2D eigenvalue weighted by Gasteiger charge is 2.29. The summed E-state index contributed by atoms with van der Waals surface area (Å²) in [5.74, 6) is 0.235. The number of aromatic nitrogens is 3. The van der Waals surface area contributed by atoms with Crippen LogP contribution in [0.1, 0.15) is 46.9 Å². The first-order chi connectivity index (χ1) is 17.9. The number of para-hydroxylation sites is 1. The monoisotopic (exact) mass is 543 g/mol. The van der Waals surface area contributed by atoms with Crippen molar-refractivity contribution in [2.45, 2.75) is 50.1 Å². The van der Waals surface area contributed by atoms with Gasteiger partial charge in [0.15, 0.2) is 17.6 Å². The normalized spacial score (nSPS) is 13.1. The molecule has 1 aliphatic rings. The lowest BCUT2D eigenvalue weighted by Crippen LogP contribution is -2.29. The second-order valence-corrected chi connectivity index (χ2v) is 10.8. The molecule has 1 aliphatic carbocycles. The number of rotatable bonds is 11. The smallest absolute Gasteiger partial charge is 0.341 e. The number of hydrogen-bond donors (Lipinski definition) is 2. The zero-order chi connectivity index (χ0) is 26.4. The Bertz CT molecular complexity index is 1270. The van der Waals surface area contributed by atoms with Crippen LogP contribution < -0.4 is 15.4 Å². The van der Waals surface area contributed by atoms with Gasteiger partial charge in [0.05, 0.1) is 24.0 Å². The molecule has 0 saturated carbocycles. The van der Waals surface area contributed by atoms with Gasteiger partial charge in [-0.25, -0.2) is 4.79 Å². The summed E-state index contributed by atoms with van der Waals surface area (Å²) in [4.78, 5) is 38.8. The van der Waals surface area contributed by atoms with Crippen molar-refractivity contribution in [3.63, 3.8) is 0 Å². The Morgan fingerprint density at radius 2 is 1.97 bits per heavy atom. The maximum atomic E-state index is 13.0. The van der Waals surface area contributed by atoms with Crippen LogP contribution in [0.3, 0.4) is 0 Å². The van der Waals surface area contributed by atoms with E-state index in [9.17, 15) is 14.4 Å². The first-order valence-electron chi connectivity index (χ1n) is 12.0. The summed E-state index contributed by atoms with van der Waals surface area (Å²) < 4.78 is 12.4. The Labute approximate surface area is 223 Å². The number of nitrogens with zero attached hydrogens (tertiary/aromatic N) is 3. The molecule has 10 nitrogen and oxygen atoms in total. The van der Waals surface area contributed by atoms with Crippen LogP contribution in [0.5, 0.6) is 5.75 Å². The molecule has 2 heterocycles.